The van der Waals surface area contributed by atoms with E-state index in [1.807, 2.05) is 0 Å². The number of rotatable bonds is 2. The van der Waals surface area contributed by atoms with Crippen LogP contribution in [-0.2, 0) is 6.42 Å². The summed E-state index contributed by atoms with van der Waals surface area (Å²) in [6, 6.07) is 13.0. The molecule has 0 saturated carbocycles. The quantitative estimate of drug-likeness (QED) is 0.604. The lowest BCUT2D eigenvalue weighted by Crippen LogP contribution is -2.08. The molecule has 1 aliphatic heterocycles. The molecule has 2 aromatic rings. The lowest BCUT2D eigenvalue weighted by molar-refractivity contribution is 0.288. The third kappa shape index (κ3) is 2.94. The van der Waals surface area contributed by atoms with Gasteiger partial charge in [0.05, 0.1) is 11.4 Å². The zero-order chi connectivity index (χ0) is 14.1. The van der Waals surface area contributed by atoms with Crippen molar-refractivity contribution in [1.82, 2.24) is 0 Å². The Bertz CT molecular complexity index is 617. The van der Waals surface area contributed by atoms with Crippen LogP contribution < -0.4 is 4.74 Å². The van der Waals surface area contributed by atoms with Crippen LogP contribution in [0, 0.1) is 6.92 Å². The number of ether oxygens (including phenoxy) is 1. The van der Waals surface area contributed by atoms with E-state index in [0.29, 0.717) is 0 Å². The lowest BCUT2D eigenvalue weighted by atomic mass is 9.98. The van der Waals surface area contributed by atoms with Crippen molar-refractivity contribution >= 4 is 31.9 Å². The van der Waals surface area contributed by atoms with Crippen molar-refractivity contribution in [1.29, 1.82) is 0 Å². The summed E-state index contributed by atoms with van der Waals surface area (Å²) in [4.78, 5) is 0.214. The molecule has 104 valence electrons. The van der Waals surface area contributed by atoms with Crippen LogP contribution >= 0.6 is 31.9 Å². The van der Waals surface area contributed by atoms with Crippen molar-refractivity contribution in [3.63, 3.8) is 0 Å². The predicted octanol–water partition coefficient (Wildman–Crippen LogP) is 5.57. The highest BCUT2D eigenvalue weighted by molar-refractivity contribution is 9.10. The van der Waals surface area contributed by atoms with Crippen molar-refractivity contribution in [2.45, 2.75) is 24.6 Å². The monoisotopic (exact) mass is 394 g/mol. The Kier molecular flexibility index (Phi) is 4.18. The van der Waals surface area contributed by atoms with Gasteiger partial charge < -0.3 is 4.74 Å². The summed E-state index contributed by atoms with van der Waals surface area (Å²) in [6.07, 6.45) is 2.22. The number of hydrogen-bond donors (Lipinski definition) is 0. The minimum Gasteiger partial charge on any atom is -0.493 e. The molecule has 1 nitrogen and oxygen atoms in total. The fourth-order valence-electron chi connectivity index (χ4n) is 2.64. The van der Waals surface area contributed by atoms with E-state index in [4.69, 9.17) is 4.74 Å². The van der Waals surface area contributed by atoms with E-state index in [1.54, 1.807) is 0 Å². The van der Waals surface area contributed by atoms with Crippen molar-refractivity contribution in [2.24, 2.45) is 0 Å². The van der Waals surface area contributed by atoms with Crippen LogP contribution in [0.3, 0.4) is 0 Å². The van der Waals surface area contributed by atoms with Gasteiger partial charge in [-0.15, -0.1) is 0 Å². The first-order valence-corrected chi connectivity index (χ1v) is 8.51. The van der Waals surface area contributed by atoms with E-state index in [9.17, 15) is 0 Å². The molecule has 0 amide bonds. The molecule has 0 aromatic heterocycles. The number of fused-ring (bicyclic) bond motifs is 1. The number of halogens is 2. The molecule has 0 saturated heterocycles. The zero-order valence-electron chi connectivity index (χ0n) is 11.3. The molecule has 2 aromatic carbocycles. The Morgan fingerprint density at radius 1 is 1.10 bits per heavy atom. The van der Waals surface area contributed by atoms with E-state index >= 15 is 0 Å². The number of hydrogen-bond acceptors (Lipinski definition) is 1. The van der Waals surface area contributed by atoms with E-state index in [1.165, 1.54) is 22.3 Å². The second-order valence-electron chi connectivity index (χ2n) is 5.24. The normalized spacial score (nSPS) is 15.3. The fraction of sp³-hybridized carbons (Fsp3) is 0.294. The van der Waals surface area contributed by atoms with Gasteiger partial charge in [0.1, 0.15) is 5.75 Å². The summed E-state index contributed by atoms with van der Waals surface area (Å²) in [5.74, 6) is 1.05. The molecule has 3 heteroatoms. The van der Waals surface area contributed by atoms with Gasteiger partial charge in [0.25, 0.3) is 0 Å². The first-order chi connectivity index (χ1) is 9.63. The molecule has 0 radical (unpaired) electrons. The third-order valence-corrected chi connectivity index (χ3v) is 5.10. The lowest BCUT2D eigenvalue weighted by Gasteiger charge is -2.20. The largest absolute Gasteiger partial charge is 0.493 e. The Balaban J connectivity index is 1.95. The van der Waals surface area contributed by atoms with Crippen LogP contribution in [-0.4, -0.2) is 6.61 Å². The highest BCUT2D eigenvalue weighted by Crippen LogP contribution is 2.36. The molecule has 1 aliphatic rings. The molecule has 0 spiro atoms. The highest BCUT2D eigenvalue weighted by Gasteiger charge is 2.16. The topological polar surface area (TPSA) is 9.23 Å². The average molecular weight is 396 g/mol. The molecule has 0 fully saturated rings. The molecular formula is C17H16Br2O. The van der Waals surface area contributed by atoms with Gasteiger partial charge in [-0.2, -0.15) is 0 Å². The van der Waals surface area contributed by atoms with E-state index in [0.717, 1.165) is 29.7 Å². The van der Waals surface area contributed by atoms with Crippen LogP contribution in [0.2, 0.25) is 0 Å². The zero-order valence-corrected chi connectivity index (χ0v) is 14.5. The average Bonchev–Trinajstić information content (AvgIpc) is 2.45. The van der Waals surface area contributed by atoms with Gasteiger partial charge in [-0.3, -0.25) is 0 Å². The Labute approximate surface area is 136 Å². The van der Waals surface area contributed by atoms with E-state index < -0.39 is 0 Å². The predicted molar refractivity (Wildman–Crippen MR) is 89.9 cm³/mol. The Morgan fingerprint density at radius 2 is 1.95 bits per heavy atom. The number of aryl methyl sites for hydroxylation is 2. The molecule has 1 heterocycles. The second kappa shape index (κ2) is 5.90. The van der Waals surface area contributed by atoms with Crippen LogP contribution in [0.5, 0.6) is 5.75 Å². The molecule has 20 heavy (non-hydrogen) atoms. The third-order valence-electron chi connectivity index (χ3n) is 3.58. The Morgan fingerprint density at radius 3 is 2.75 bits per heavy atom. The molecule has 1 atom stereocenters. The van der Waals surface area contributed by atoms with Gasteiger partial charge in [-0.1, -0.05) is 50.1 Å². The molecule has 0 bridgehead atoms. The van der Waals surface area contributed by atoms with E-state index in [2.05, 4.69) is 75.2 Å². The Hall–Kier alpha value is -0.800. The number of alkyl halides is 1. The first kappa shape index (κ1) is 14.2. The summed E-state index contributed by atoms with van der Waals surface area (Å²) in [7, 11) is 0. The van der Waals surface area contributed by atoms with Crippen molar-refractivity contribution in [3.8, 4) is 5.75 Å². The molecule has 1 unspecified atom stereocenters. The maximum atomic E-state index is 5.68. The number of benzene rings is 2. The van der Waals surface area contributed by atoms with Gasteiger partial charge in [0.15, 0.2) is 0 Å². The first-order valence-electron chi connectivity index (χ1n) is 6.80. The molecule has 3 rings (SSSR count). The maximum Gasteiger partial charge on any atom is 0.122 e. The van der Waals surface area contributed by atoms with Gasteiger partial charge >= 0.3 is 0 Å². The SMILES string of the molecule is Cc1cc(Br)cc(C(Br)c2ccc3c(c2)CCCO3)c1. The van der Waals surface area contributed by atoms with Crippen LogP contribution in [0.4, 0.5) is 0 Å². The summed E-state index contributed by atoms with van der Waals surface area (Å²) in [5.41, 5.74) is 5.14. The smallest absolute Gasteiger partial charge is 0.122 e. The van der Waals surface area contributed by atoms with Crippen molar-refractivity contribution in [3.05, 3.63) is 63.1 Å². The van der Waals surface area contributed by atoms with E-state index in [-0.39, 0.29) is 4.83 Å². The minimum absolute atomic E-state index is 0.214. The van der Waals surface area contributed by atoms with Crippen LogP contribution in [0.25, 0.3) is 0 Å². The van der Waals surface area contributed by atoms with Crippen molar-refractivity contribution < 1.29 is 4.74 Å². The highest BCUT2D eigenvalue weighted by atomic mass is 79.9. The fourth-order valence-corrected chi connectivity index (χ4v) is 3.82. The minimum atomic E-state index is 0.214. The molecule has 0 N–H and O–H groups in total. The van der Waals surface area contributed by atoms with Gasteiger partial charge in [-0.05, 0) is 60.2 Å². The van der Waals surface area contributed by atoms with Gasteiger partial charge in [0.2, 0.25) is 0 Å². The van der Waals surface area contributed by atoms with Crippen LogP contribution in [0.1, 0.15) is 33.5 Å². The standard InChI is InChI=1S/C17H16Br2O/c1-11-7-14(10-15(18)8-11)17(19)13-4-5-16-12(9-13)3-2-6-20-16/h4-5,7-10,17H,2-3,6H2,1H3. The second-order valence-corrected chi connectivity index (χ2v) is 7.07. The van der Waals surface area contributed by atoms with Crippen molar-refractivity contribution in [2.75, 3.05) is 6.61 Å². The van der Waals surface area contributed by atoms with Gasteiger partial charge in [0, 0.05) is 4.47 Å². The summed E-state index contributed by atoms with van der Waals surface area (Å²) in [5, 5.41) is 0. The van der Waals surface area contributed by atoms with Gasteiger partial charge in [-0.25, -0.2) is 0 Å². The molecular weight excluding hydrogens is 380 g/mol. The summed E-state index contributed by atoms with van der Waals surface area (Å²) >= 11 is 7.40. The summed E-state index contributed by atoms with van der Waals surface area (Å²) < 4.78 is 6.80. The van der Waals surface area contributed by atoms with Crippen LogP contribution in [0.15, 0.2) is 40.9 Å². The maximum absolute atomic E-state index is 5.68. The summed E-state index contributed by atoms with van der Waals surface area (Å²) in [6.45, 7) is 2.96. The molecule has 0 aliphatic carbocycles.